The summed E-state index contributed by atoms with van der Waals surface area (Å²) in [5, 5.41) is 0. The van der Waals surface area contributed by atoms with Crippen LogP contribution in [0.2, 0.25) is 0 Å². The van der Waals surface area contributed by atoms with E-state index in [9.17, 15) is 4.79 Å². The van der Waals surface area contributed by atoms with Crippen molar-refractivity contribution in [1.29, 1.82) is 0 Å². The molecule has 0 N–H and O–H groups in total. The number of carbonyl (C=O) groups is 1. The molecule has 1 aromatic carbocycles. The molecule has 25 heavy (non-hydrogen) atoms. The number of fused-ring (bicyclic) bond motifs is 1. The SMILES string of the molecule is O=C(C1CCN(Cc2ccccn2)CC1)N1CCc2ccccc2C1. The van der Waals surface area contributed by atoms with Crippen molar-refractivity contribution in [3.8, 4) is 0 Å². The van der Waals surface area contributed by atoms with E-state index in [1.165, 1.54) is 11.1 Å². The van der Waals surface area contributed by atoms with Crippen molar-refractivity contribution in [2.45, 2.75) is 32.4 Å². The van der Waals surface area contributed by atoms with E-state index >= 15 is 0 Å². The van der Waals surface area contributed by atoms with Crippen LogP contribution in [0.3, 0.4) is 0 Å². The number of hydrogen-bond acceptors (Lipinski definition) is 3. The van der Waals surface area contributed by atoms with Crippen LogP contribution in [0.25, 0.3) is 0 Å². The largest absolute Gasteiger partial charge is 0.338 e. The van der Waals surface area contributed by atoms with Gasteiger partial charge in [0, 0.05) is 31.7 Å². The molecule has 1 saturated heterocycles. The van der Waals surface area contributed by atoms with Crippen LogP contribution in [-0.2, 0) is 24.3 Å². The van der Waals surface area contributed by atoms with Gasteiger partial charge in [-0.05, 0) is 55.6 Å². The fourth-order valence-corrected chi connectivity index (χ4v) is 4.00. The highest BCUT2D eigenvalue weighted by molar-refractivity contribution is 5.79. The number of piperidine rings is 1. The third-order valence-electron chi connectivity index (χ3n) is 5.49. The molecule has 1 amide bonds. The van der Waals surface area contributed by atoms with E-state index in [-0.39, 0.29) is 5.92 Å². The summed E-state index contributed by atoms with van der Waals surface area (Å²) in [5.41, 5.74) is 3.83. The van der Waals surface area contributed by atoms with Crippen LogP contribution in [0, 0.1) is 5.92 Å². The minimum atomic E-state index is 0.185. The number of pyridine rings is 1. The van der Waals surface area contributed by atoms with Gasteiger partial charge >= 0.3 is 0 Å². The Bertz CT molecular complexity index is 723. The summed E-state index contributed by atoms with van der Waals surface area (Å²) in [7, 11) is 0. The second-order valence-corrected chi connectivity index (χ2v) is 7.15. The van der Waals surface area contributed by atoms with Crippen LogP contribution in [0.15, 0.2) is 48.7 Å². The quantitative estimate of drug-likeness (QED) is 0.865. The van der Waals surface area contributed by atoms with Crippen molar-refractivity contribution in [3.63, 3.8) is 0 Å². The lowest BCUT2D eigenvalue weighted by Gasteiger charge is -2.36. The first-order valence-corrected chi connectivity index (χ1v) is 9.27. The third kappa shape index (κ3) is 3.74. The van der Waals surface area contributed by atoms with Gasteiger partial charge in [-0.3, -0.25) is 14.7 Å². The first-order valence-electron chi connectivity index (χ1n) is 9.27. The van der Waals surface area contributed by atoms with Crippen molar-refractivity contribution in [3.05, 3.63) is 65.5 Å². The predicted octanol–water partition coefficient (Wildman–Crippen LogP) is 2.88. The molecule has 0 saturated carbocycles. The molecule has 0 radical (unpaired) electrons. The Morgan fingerprint density at radius 3 is 2.52 bits per heavy atom. The second kappa shape index (κ2) is 7.36. The zero-order chi connectivity index (χ0) is 17.1. The number of amides is 1. The van der Waals surface area contributed by atoms with Crippen molar-refractivity contribution in [1.82, 2.24) is 14.8 Å². The summed E-state index contributed by atoms with van der Waals surface area (Å²) < 4.78 is 0. The van der Waals surface area contributed by atoms with Crippen molar-refractivity contribution in [2.24, 2.45) is 5.92 Å². The zero-order valence-electron chi connectivity index (χ0n) is 14.6. The lowest BCUT2D eigenvalue weighted by Crippen LogP contribution is -2.44. The summed E-state index contributed by atoms with van der Waals surface area (Å²) >= 11 is 0. The summed E-state index contributed by atoms with van der Waals surface area (Å²) in [6, 6.07) is 14.6. The number of aromatic nitrogens is 1. The molecule has 3 heterocycles. The average molecular weight is 335 g/mol. The maximum atomic E-state index is 12.9. The van der Waals surface area contributed by atoms with Gasteiger partial charge in [0.05, 0.1) is 5.69 Å². The lowest BCUT2D eigenvalue weighted by molar-refractivity contribution is -0.138. The topological polar surface area (TPSA) is 36.4 Å². The molecule has 2 aliphatic heterocycles. The van der Waals surface area contributed by atoms with E-state index in [0.717, 1.165) is 57.7 Å². The van der Waals surface area contributed by atoms with Gasteiger partial charge in [0.15, 0.2) is 0 Å². The average Bonchev–Trinajstić information content (AvgIpc) is 2.68. The van der Waals surface area contributed by atoms with E-state index in [2.05, 4.69) is 45.1 Å². The van der Waals surface area contributed by atoms with Gasteiger partial charge in [-0.2, -0.15) is 0 Å². The molecule has 130 valence electrons. The van der Waals surface area contributed by atoms with Gasteiger partial charge in [0.25, 0.3) is 0 Å². The molecule has 2 aliphatic rings. The van der Waals surface area contributed by atoms with E-state index in [4.69, 9.17) is 0 Å². The molecule has 2 aromatic rings. The fraction of sp³-hybridized carbons (Fsp3) is 0.429. The second-order valence-electron chi connectivity index (χ2n) is 7.15. The first-order chi connectivity index (χ1) is 12.3. The number of likely N-dealkylation sites (tertiary alicyclic amines) is 1. The van der Waals surface area contributed by atoms with Gasteiger partial charge in [0.2, 0.25) is 5.91 Å². The number of hydrogen-bond donors (Lipinski definition) is 0. The fourth-order valence-electron chi connectivity index (χ4n) is 4.00. The highest BCUT2D eigenvalue weighted by atomic mass is 16.2. The smallest absolute Gasteiger partial charge is 0.226 e. The monoisotopic (exact) mass is 335 g/mol. The Balaban J connectivity index is 1.31. The van der Waals surface area contributed by atoms with Crippen molar-refractivity contribution < 1.29 is 4.79 Å². The zero-order valence-corrected chi connectivity index (χ0v) is 14.6. The number of carbonyl (C=O) groups excluding carboxylic acids is 1. The highest BCUT2D eigenvalue weighted by Crippen LogP contribution is 2.25. The molecular weight excluding hydrogens is 310 g/mol. The van der Waals surface area contributed by atoms with Gasteiger partial charge in [-0.15, -0.1) is 0 Å². The minimum absolute atomic E-state index is 0.185. The summed E-state index contributed by atoms with van der Waals surface area (Å²) in [6.07, 6.45) is 4.76. The molecule has 0 spiro atoms. The molecule has 0 aliphatic carbocycles. The van der Waals surface area contributed by atoms with Crippen LogP contribution in [0.1, 0.15) is 29.7 Å². The van der Waals surface area contributed by atoms with Gasteiger partial charge in [-0.1, -0.05) is 30.3 Å². The Morgan fingerprint density at radius 2 is 1.76 bits per heavy atom. The number of benzene rings is 1. The summed E-state index contributed by atoms with van der Waals surface area (Å²) in [4.78, 5) is 21.8. The summed E-state index contributed by atoms with van der Waals surface area (Å²) in [6.45, 7) is 4.50. The molecule has 4 nitrogen and oxygen atoms in total. The maximum Gasteiger partial charge on any atom is 0.226 e. The lowest BCUT2D eigenvalue weighted by atomic mass is 9.93. The van der Waals surface area contributed by atoms with Gasteiger partial charge in [-0.25, -0.2) is 0 Å². The Labute approximate surface area is 149 Å². The van der Waals surface area contributed by atoms with E-state index in [1.54, 1.807) is 0 Å². The highest BCUT2D eigenvalue weighted by Gasteiger charge is 2.30. The van der Waals surface area contributed by atoms with E-state index < -0.39 is 0 Å². The van der Waals surface area contributed by atoms with Crippen LogP contribution in [0.4, 0.5) is 0 Å². The molecule has 0 unspecified atom stereocenters. The minimum Gasteiger partial charge on any atom is -0.338 e. The predicted molar refractivity (Wildman–Crippen MR) is 97.8 cm³/mol. The molecule has 1 fully saturated rings. The molecule has 0 atom stereocenters. The standard InChI is InChI=1S/C21H25N3O/c25-21(24-14-10-17-5-1-2-6-19(17)15-24)18-8-12-23(13-9-18)16-20-7-3-4-11-22-20/h1-7,11,18H,8-10,12-16H2. The maximum absolute atomic E-state index is 12.9. The number of rotatable bonds is 3. The Hall–Kier alpha value is -2.20. The van der Waals surface area contributed by atoms with Crippen LogP contribution in [0.5, 0.6) is 0 Å². The normalized spacial score (nSPS) is 18.8. The van der Waals surface area contributed by atoms with Crippen LogP contribution in [-0.4, -0.2) is 40.3 Å². The van der Waals surface area contributed by atoms with E-state index in [0.29, 0.717) is 5.91 Å². The molecule has 4 rings (SSSR count). The molecular formula is C21H25N3O. The van der Waals surface area contributed by atoms with Gasteiger partial charge in [0.1, 0.15) is 0 Å². The van der Waals surface area contributed by atoms with Crippen molar-refractivity contribution in [2.75, 3.05) is 19.6 Å². The Kier molecular flexibility index (Phi) is 4.79. The van der Waals surface area contributed by atoms with Gasteiger partial charge < -0.3 is 4.90 Å². The number of nitrogens with zero attached hydrogens (tertiary/aromatic N) is 3. The third-order valence-corrected chi connectivity index (χ3v) is 5.49. The van der Waals surface area contributed by atoms with E-state index in [1.807, 2.05) is 18.3 Å². The molecule has 0 bridgehead atoms. The molecule has 1 aromatic heterocycles. The Morgan fingerprint density at radius 1 is 1.00 bits per heavy atom. The van der Waals surface area contributed by atoms with Crippen molar-refractivity contribution >= 4 is 5.91 Å². The van der Waals surface area contributed by atoms with Crippen LogP contribution < -0.4 is 0 Å². The molecule has 4 heteroatoms. The first kappa shape index (κ1) is 16.3. The summed E-state index contributed by atoms with van der Waals surface area (Å²) in [5.74, 6) is 0.539. The van der Waals surface area contributed by atoms with Crippen LogP contribution >= 0.6 is 0 Å².